The van der Waals surface area contributed by atoms with Crippen molar-refractivity contribution >= 4 is 5.91 Å². The van der Waals surface area contributed by atoms with Gasteiger partial charge in [0.05, 0.1) is 0 Å². The number of carbonyl (C=O) groups excluding carboxylic acids is 1. The van der Waals surface area contributed by atoms with Gasteiger partial charge in [0.15, 0.2) is 0 Å². The zero-order valence-corrected chi connectivity index (χ0v) is 12.3. The molecule has 0 saturated carbocycles. The topological polar surface area (TPSA) is 33.2 Å². The van der Waals surface area contributed by atoms with Crippen molar-refractivity contribution in [3.63, 3.8) is 0 Å². The van der Waals surface area contributed by atoms with Crippen LogP contribution >= 0.6 is 0 Å². The molecular formula is C18H20N2O. The molecule has 3 heteroatoms. The van der Waals surface area contributed by atoms with Crippen molar-refractivity contribution in [1.29, 1.82) is 0 Å². The van der Waals surface area contributed by atoms with Crippen molar-refractivity contribution in [2.45, 2.75) is 25.7 Å². The van der Waals surface area contributed by atoms with Crippen LogP contribution < -0.4 is 0 Å². The normalized spacial score (nSPS) is 16.0. The van der Waals surface area contributed by atoms with Gasteiger partial charge in [-0.15, -0.1) is 0 Å². The molecule has 1 amide bonds. The lowest BCUT2D eigenvalue weighted by Gasteiger charge is -2.31. The molecule has 0 bridgehead atoms. The lowest BCUT2D eigenvalue weighted by Crippen LogP contribution is -2.36. The average Bonchev–Trinajstić information content (AvgIpc) is 2.56. The Labute approximate surface area is 125 Å². The van der Waals surface area contributed by atoms with Crippen molar-refractivity contribution in [3.8, 4) is 11.1 Å². The van der Waals surface area contributed by atoms with E-state index in [4.69, 9.17) is 0 Å². The Bertz CT molecular complexity index is 599. The van der Waals surface area contributed by atoms with Crippen molar-refractivity contribution in [2.24, 2.45) is 0 Å². The van der Waals surface area contributed by atoms with E-state index in [0.29, 0.717) is 5.92 Å². The van der Waals surface area contributed by atoms with Crippen LogP contribution in [0.1, 0.15) is 31.4 Å². The summed E-state index contributed by atoms with van der Waals surface area (Å²) >= 11 is 0. The van der Waals surface area contributed by atoms with Gasteiger partial charge in [0, 0.05) is 43.4 Å². The lowest BCUT2D eigenvalue weighted by atomic mass is 9.92. The predicted molar refractivity (Wildman–Crippen MR) is 83.9 cm³/mol. The van der Waals surface area contributed by atoms with Crippen LogP contribution in [0.5, 0.6) is 0 Å². The smallest absolute Gasteiger partial charge is 0.219 e. The number of amides is 1. The van der Waals surface area contributed by atoms with Gasteiger partial charge in [-0.2, -0.15) is 0 Å². The number of hydrogen-bond acceptors (Lipinski definition) is 2. The standard InChI is InChI=1S/C18H20N2O/c1-14(21)20-11-9-16(10-12-20)18-8-7-17(13-19-18)15-5-3-2-4-6-15/h2-8,13,16H,9-12H2,1H3. The van der Waals surface area contributed by atoms with Gasteiger partial charge >= 0.3 is 0 Å². The summed E-state index contributed by atoms with van der Waals surface area (Å²) in [5.74, 6) is 0.659. The molecule has 2 heterocycles. The molecule has 0 radical (unpaired) electrons. The van der Waals surface area contributed by atoms with Gasteiger partial charge in [0.25, 0.3) is 0 Å². The SMILES string of the molecule is CC(=O)N1CCC(c2ccc(-c3ccccc3)cn2)CC1. The Hall–Kier alpha value is -2.16. The monoisotopic (exact) mass is 280 g/mol. The first-order chi connectivity index (χ1) is 10.2. The molecule has 3 nitrogen and oxygen atoms in total. The van der Waals surface area contributed by atoms with Gasteiger partial charge in [-0.05, 0) is 24.5 Å². The number of benzene rings is 1. The summed E-state index contributed by atoms with van der Waals surface area (Å²) in [6.07, 6.45) is 3.98. The molecular weight excluding hydrogens is 260 g/mol. The van der Waals surface area contributed by atoms with Crippen molar-refractivity contribution in [1.82, 2.24) is 9.88 Å². The second-order valence-electron chi connectivity index (χ2n) is 5.62. The van der Waals surface area contributed by atoms with Crippen LogP contribution in [-0.4, -0.2) is 28.9 Å². The van der Waals surface area contributed by atoms with E-state index in [1.165, 1.54) is 5.56 Å². The zero-order chi connectivity index (χ0) is 14.7. The second-order valence-corrected chi connectivity index (χ2v) is 5.62. The summed E-state index contributed by atoms with van der Waals surface area (Å²) in [5.41, 5.74) is 3.50. The van der Waals surface area contributed by atoms with Crippen LogP contribution in [-0.2, 0) is 4.79 Å². The fraction of sp³-hybridized carbons (Fsp3) is 0.333. The number of aromatic nitrogens is 1. The van der Waals surface area contributed by atoms with Crippen LogP contribution in [0, 0.1) is 0 Å². The number of carbonyl (C=O) groups is 1. The Balaban J connectivity index is 1.69. The minimum atomic E-state index is 0.181. The first-order valence-electron chi connectivity index (χ1n) is 7.51. The van der Waals surface area contributed by atoms with Crippen molar-refractivity contribution < 1.29 is 4.79 Å². The molecule has 0 atom stereocenters. The molecule has 1 aliphatic heterocycles. The molecule has 1 aliphatic rings. The highest BCUT2D eigenvalue weighted by Gasteiger charge is 2.22. The summed E-state index contributed by atoms with van der Waals surface area (Å²) in [6.45, 7) is 3.34. The van der Waals surface area contributed by atoms with E-state index >= 15 is 0 Å². The molecule has 2 aromatic rings. The Kier molecular flexibility index (Phi) is 4.00. The highest BCUT2D eigenvalue weighted by atomic mass is 16.2. The molecule has 3 rings (SSSR count). The average molecular weight is 280 g/mol. The minimum absolute atomic E-state index is 0.181. The summed E-state index contributed by atoms with van der Waals surface area (Å²) < 4.78 is 0. The molecule has 108 valence electrons. The maximum atomic E-state index is 11.4. The summed E-state index contributed by atoms with van der Waals surface area (Å²) in [5, 5.41) is 0. The van der Waals surface area contributed by atoms with E-state index in [9.17, 15) is 4.79 Å². The van der Waals surface area contributed by atoms with Crippen LogP contribution in [0.4, 0.5) is 0 Å². The first kappa shape index (κ1) is 13.8. The number of piperidine rings is 1. The number of rotatable bonds is 2. The van der Waals surface area contributed by atoms with Gasteiger partial charge in [0.2, 0.25) is 5.91 Å². The predicted octanol–water partition coefficient (Wildman–Crippen LogP) is 3.47. The molecule has 0 aliphatic carbocycles. The van der Waals surface area contributed by atoms with Gasteiger partial charge in [-0.1, -0.05) is 36.4 Å². The molecule has 1 fully saturated rings. The molecule has 0 unspecified atom stereocenters. The molecule has 0 N–H and O–H groups in total. The van der Waals surface area contributed by atoms with E-state index < -0.39 is 0 Å². The molecule has 0 spiro atoms. The largest absolute Gasteiger partial charge is 0.343 e. The number of likely N-dealkylation sites (tertiary alicyclic amines) is 1. The third kappa shape index (κ3) is 3.13. The Morgan fingerprint density at radius 2 is 1.76 bits per heavy atom. The number of nitrogens with zero attached hydrogens (tertiary/aromatic N) is 2. The van der Waals surface area contributed by atoms with E-state index in [2.05, 4.69) is 29.2 Å². The quantitative estimate of drug-likeness (QED) is 0.844. The van der Waals surface area contributed by atoms with Crippen LogP contribution in [0.15, 0.2) is 48.7 Å². The van der Waals surface area contributed by atoms with E-state index in [1.54, 1.807) is 6.92 Å². The first-order valence-corrected chi connectivity index (χ1v) is 7.51. The molecule has 1 aromatic carbocycles. The van der Waals surface area contributed by atoms with E-state index in [0.717, 1.165) is 37.2 Å². The molecule has 1 aromatic heterocycles. The zero-order valence-electron chi connectivity index (χ0n) is 12.3. The fourth-order valence-electron chi connectivity index (χ4n) is 2.94. The third-order valence-electron chi connectivity index (χ3n) is 4.25. The van der Waals surface area contributed by atoms with Crippen LogP contribution in [0.3, 0.4) is 0 Å². The summed E-state index contributed by atoms with van der Waals surface area (Å²) in [7, 11) is 0. The maximum absolute atomic E-state index is 11.4. The van der Waals surface area contributed by atoms with Crippen LogP contribution in [0.25, 0.3) is 11.1 Å². The van der Waals surface area contributed by atoms with Gasteiger partial charge < -0.3 is 4.90 Å². The fourth-order valence-corrected chi connectivity index (χ4v) is 2.94. The Morgan fingerprint density at radius 3 is 2.33 bits per heavy atom. The highest BCUT2D eigenvalue weighted by Crippen LogP contribution is 2.28. The molecule has 21 heavy (non-hydrogen) atoms. The van der Waals surface area contributed by atoms with Gasteiger partial charge in [-0.3, -0.25) is 9.78 Å². The molecule has 1 saturated heterocycles. The third-order valence-corrected chi connectivity index (χ3v) is 4.25. The minimum Gasteiger partial charge on any atom is -0.343 e. The van der Waals surface area contributed by atoms with E-state index in [1.807, 2.05) is 29.3 Å². The van der Waals surface area contributed by atoms with Crippen LogP contribution in [0.2, 0.25) is 0 Å². The number of pyridine rings is 1. The highest BCUT2D eigenvalue weighted by molar-refractivity contribution is 5.73. The van der Waals surface area contributed by atoms with Crippen molar-refractivity contribution in [2.75, 3.05) is 13.1 Å². The van der Waals surface area contributed by atoms with Gasteiger partial charge in [-0.25, -0.2) is 0 Å². The van der Waals surface area contributed by atoms with Gasteiger partial charge in [0.1, 0.15) is 0 Å². The summed E-state index contributed by atoms with van der Waals surface area (Å²) in [6, 6.07) is 14.6. The summed E-state index contributed by atoms with van der Waals surface area (Å²) in [4.78, 5) is 17.9. The van der Waals surface area contributed by atoms with E-state index in [-0.39, 0.29) is 5.91 Å². The second kappa shape index (κ2) is 6.08. The maximum Gasteiger partial charge on any atom is 0.219 e. The Morgan fingerprint density at radius 1 is 1.05 bits per heavy atom. The number of hydrogen-bond donors (Lipinski definition) is 0. The van der Waals surface area contributed by atoms with Crippen molar-refractivity contribution in [3.05, 3.63) is 54.4 Å². The lowest BCUT2D eigenvalue weighted by molar-refractivity contribution is -0.129.